The molecule has 0 spiro atoms. The second kappa shape index (κ2) is 8.59. The number of aromatic nitrogens is 2. The van der Waals surface area contributed by atoms with Crippen molar-refractivity contribution in [1.82, 2.24) is 15.0 Å². The fraction of sp³-hybridized carbons (Fsp3) is 0.263. The Labute approximate surface area is 161 Å². The number of nitrogens with zero attached hydrogens (tertiary/aromatic N) is 4. The number of likely N-dealkylation sites (N-methyl/N-ethyl adjacent to an activating group) is 1. The van der Waals surface area contributed by atoms with Crippen LogP contribution in [-0.4, -0.2) is 45.8 Å². The number of rotatable bonds is 8. The highest BCUT2D eigenvalue weighted by atomic mass is 16.6. The Morgan fingerprint density at radius 2 is 1.89 bits per heavy atom. The summed E-state index contributed by atoms with van der Waals surface area (Å²) in [6.45, 7) is 0.253. The van der Waals surface area contributed by atoms with Gasteiger partial charge in [-0.15, -0.1) is 0 Å². The van der Waals surface area contributed by atoms with E-state index >= 15 is 0 Å². The number of aliphatic hydroxyl groups excluding tert-OH is 1. The Bertz CT molecular complexity index is 924. The molecule has 3 aromatic rings. The zero-order chi connectivity index (χ0) is 20.1. The summed E-state index contributed by atoms with van der Waals surface area (Å²) in [6.07, 6.45) is 0. The average molecular weight is 384 g/mol. The van der Waals surface area contributed by atoms with Gasteiger partial charge in [0.1, 0.15) is 5.75 Å². The highest BCUT2D eigenvalue weighted by Gasteiger charge is 2.19. The molecular weight excluding hydrogens is 364 g/mol. The third-order valence-corrected chi connectivity index (χ3v) is 4.39. The molecule has 1 unspecified atom stereocenters. The van der Waals surface area contributed by atoms with Gasteiger partial charge in [0.2, 0.25) is 11.7 Å². The summed E-state index contributed by atoms with van der Waals surface area (Å²) in [5.41, 5.74) is 1.55. The minimum Gasteiger partial charge on any atom is -0.497 e. The van der Waals surface area contributed by atoms with Crippen LogP contribution in [0.15, 0.2) is 53.1 Å². The molecule has 9 heteroatoms. The van der Waals surface area contributed by atoms with E-state index in [0.29, 0.717) is 23.8 Å². The molecule has 0 aliphatic rings. The van der Waals surface area contributed by atoms with Crippen molar-refractivity contribution in [2.24, 2.45) is 0 Å². The van der Waals surface area contributed by atoms with E-state index in [1.165, 1.54) is 12.1 Å². The molecule has 146 valence electrons. The van der Waals surface area contributed by atoms with Crippen molar-refractivity contribution in [1.29, 1.82) is 0 Å². The van der Waals surface area contributed by atoms with Crippen molar-refractivity contribution in [3.05, 3.63) is 70.1 Å². The number of methoxy groups -OCH3 is 1. The minimum atomic E-state index is -0.464. The fourth-order valence-electron chi connectivity index (χ4n) is 2.82. The number of hydrogen-bond acceptors (Lipinski definition) is 8. The molecule has 0 amide bonds. The maximum absolute atomic E-state index is 10.7. The predicted molar refractivity (Wildman–Crippen MR) is 101 cm³/mol. The highest BCUT2D eigenvalue weighted by molar-refractivity contribution is 5.56. The third kappa shape index (κ3) is 4.33. The molecule has 0 saturated carbocycles. The van der Waals surface area contributed by atoms with Crippen LogP contribution in [0, 0.1) is 10.1 Å². The largest absolute Gasteiger partial charge is 0.497 e. The maximum Gasteiger partial charge on any atom is 0.269 e. The van der Waals surface area contributed by atoms with E-state index < -0.39 is 4.92 Å². The number of benzene rings is 2. The second-order valence-corrected chi connectivity index (χ2v) is 6.20. The lowest BCUT2D eigenvalue weighted by molar-refractivity contribution is -0.384. The summed E-state index contributed by atoms with van der Waals surface area (Å²) in [7, 11) is 3.45. The topological polar surface area (TPSA) is 115 Å². The molecule has 28 heavy (non-hydrogen) atoms. The Kier molecular flexibility index (Phi) is 5.97. The van der Waals surface area contributed by atoms with Gasteiger partial charge < -0.3 is 14.4 Å². The lowest BCUT2D eigenvalue weighted by Crippen LogP contribution is -2.27. The van der Waals surface area contributed by atoms with Gasteiger partial charge in [-0.25, -0.2) is 0 Å². The molecule has 0 bridgehead atoms. The van der Waals surface area contributed by atoms with Crippen LogP contribution in [0.2, 0.25) is 0 Å². The Balaban J connectivity index is 1.71. The molecule has 0 aliphatic heterocycles. The lowest BCUT2D eigenvalue weighted by Gasteiger charge is -2.25. The molecule has 2 aromatic carbocycles. The van der Waals surface area contributed by atoms with Gasteiger partial charge in [0.05, 0.1) is 31.2 Å². The van der Waals surface area contributed by atoms with Crippen LogP contribution in [-0.2, 0) is 6.54 Å². The van der Waals surface area contributed by atoms with Crippen molar-refractivity contribution in [2.75, 3.05) is 20.8 Å². The molecule has 0 radical (unpaired) electrons. The quantitative estimate of drug-likeness (QED) is 0.466. The minimum absolute atomic E-state index is 0.00233. The number of aliphatic hydroxyl groups is 1. The Hall–Kier alpha value is -3.30. The molecule has 1 heterocycles. The van der Waals surface area contributed by atoms with Gasteiger partial charge >= 0.3 is 0 Å². The highest BCUT2D eigenvalue weighted by Crippen LogP contribution is 2.24. The van der Waals surface area contributed by atoms with Crippen LogP contribution in [0.5, 0.6) is 5.75 Å². The summed E-state index contributed by atoms with van der Waals surface area (Å²) < 4.78 is 10.5. The van der Waals surface area contributed by atoms with Gasteiger partial charge in [-0.3, -0.25) is 15.0 Å². The van der Waals surface area contributed by atoms with Gasteiger partial charge in [-0.05, 0) is 36.9 Å². The SMILES string of the molecule is COc1ccc(C(CO)N(C)Cc2nc(-c3ccc([N+](=O)[O-])cc3)no2)cc1. The van der Waals surface area contributed by atoms with Gasteiger partial charge in [0, 0.05) is 17.7 Å². The first kappa shape index (κ1) is 19.5. The van der Waals surface area contributed by atoms with Gasteiger partial charge in [0.25, 0.3) is 5.69 Å². The molecule has 9 nitrogen and oxygen atoms in total. The number of nitro benzene ring substituents is 1. The normalized spacial score (nSPS) is 12.1. The number of hydrogen-bond donors (Lipinski definition) is 1. The van der Waals surface area contributed by atoms with Crippen molar-refractivity contribution < 1.29 is 19.3 Å². The Morgan fingerprint density at radius 3 is 2.46 bits per heavy atom. The van der Waals surface area contributed by atoms with E-state index in [1.54, 1.807) is 19.2 Å². The van der Waals surface area contributed by atoms with Crippen LogP contribution in [0.1, 0.15) is 17.5 Å². The molecular formula is C19H20N4O5. The van der Waals surface area contributed by atoms with Crippen LogP contribution >= 0.6 is 0 Å². The molecule has 1 atom stereocenters. The zero-order valence-corrected chi connectivity index (χ0v) is 15.5. The lowest BCUT2D eigenvalue weighted by atomic mass is 10.1. The zero-order valence-electron chi connectivity index (χ0n) is 15.5. The van der Waals surface area contributed by atoms with Crippen LogP contribution < -0.4 is 4.74 Å². The molecule has 0 saturated heterocycles. The summed E-state index contributed by atoms with van der Waals surface area (Å²) in [6, 6.07) is 13.1. The molecule has 0 aliphatic carbocycles. The molecule has 1 N–H and O–H groups in total. The van der Waals surface area contributed by atoms with Crippen LogP contribution in [0.4, 0.5) is 5.69 Å². The van der Waals surface area contributed by atoms with Gasteiger partial charge in [0.15, 0.2) is 0 Å². The fourth-order valence-corrected chi connectivity index (χ4v) is 2.82. The first-order chi connectivity index (χ1) is 13.5. The van der Waals surface area contributed by atoms with Crippen molar-refractivity contribution >= 4 is 5.69 Å². The van der Waals surface area contributed by atoms with Gasteiger partial charge in [-0.1, -0.05) is 17.3 Å². The van der Waals surface area contributed by atoms with E-state index in [0.717, 1.165) is 11.3 Å². The maximum atomic E-state index is 10.7. The first-order valence-corrected chi connectivity index (χ1v) is 8.54. The van der Waals surface area contributed by atoms with E-state index in [-0.39, 0.29) is 18.3 Å². The van der Waals surface area contributed by atoms with E-state index in [4.69, 9.17) is 9.26 Å². The van der Waals surface area contributed by atoms with Gasteiger partial charge in [-0.2, -0.15) is 4.98 Å². The van der Waals surface area contributed by atoms with Crippen LogP contribution in [0.3, 0.4) is 0 Å². The van der Waals surface area contributed by atoms with Crippen molar-refractivity contribution in [3.8, 4) is 17.1 Å². The monoisotopic (exact) mass is 384 g/mol. The molecule has 0 fully saturated rings. The van der Waals surface area contributed by atoms with Crippen molar-refractivity contribution in [2.45, 2.75) is 12.6 Å². The van der Waals surface area contributed by atoms with Crippen molar-refractivity contribution in [3.63, 3.8) is 0 Å². The summed E-state index contributed by atoms with van der Waals surface area (Å²) >= 11 is 0. The van der Waals surface area contributed by atoms with E-state index in [1.807, 2.05) is 36.2 Å². The summed E-state index contributed by atoms with van der Waals surface area (Å²) in [5.74, 6) is 1.47. The third-order valence-electron chi connectivity index (χ3n) is 4.39. The van der Waals surface area contributed by atoms with E-state index in [9.17, 15) is 15.2 Å². The predicted octanol–water partition coefficient (Wildman–Crippen LogP) is 2.82. The Morgan fingerprint density at radius 1 is 1.21 bits per heavy atom. The second-order valence-electron chi connectivity index (χ2n) is 6.20. The molecule has 1 aromatic heterocycles. The smallest absolute Gasteiger partial charge is 0.269 e. The van der Waals surface area contributed by atoms with Crippen LogP contribution in [0.25, 0.3) is 11.4 Å². The number of non-ortho nitro benzene ring substituents is 1. The average Bonchev–Trinajstić information content (AvgIpc) is 3.17. The molecule has 3 rings (SSSR count). The summed E-state index contributed by atoms with van der Waals surface area (Å²) in [5, 5.41) is 24.5. The number of ether oxygens (including phenoxy) is 1. The standard InChI is InChI=1S/C19H20N4O5/c1-22(17(12-24)13-5-9-16(27-2)10-6-13)11-18-20-19(21-28-18)14-3-7-15(8-4-14)23(25)26/h3-10,17,24H,11-12H2,1-2H3. The summed E-state index contributed by atoms with van der Waals surface area (Å²) in [4.78, 5) is 16.5. The first-order valence-electron chi connectivity index (χ1n) is 8.54. The van der Waals surface area contributed by atoms with E-state index in [2.05, 4.69) is 10.1 Å². The number of nitro groups is 1.